The van der Waals surface area contributed by atoms with Crippen molar-refractivity contribution >= 4 is 11.9 Å². The van der Waals surface area contributed by atoms with Gasteiger partial charge in [-0.05, 0) is 130 Å². The minimum absolute atomic E-state index is 0.217. The minimum atomic E-state index is -0.705. The first kappa shape index (κ1) is 39.1. The number of carboxylic acids is 2. The highest BCUT2D eigenvalue weighted by Crippen LogP contribution is 2.39. The van der Waals surface area contributed by atoms with Crippen molar-refractivity contribution < 1.29 is 29.3 Å². The lowest BCUT2D eigenvalue weighted by Gasteiger charge is -2.30. The van der Waals surface area contributed by atoms with Gasteiger partial charge in [-0.3, -0.25) is 9.59 Å². The van der Waals surface area contributed by atoms with Gasteiger partial charge < -0.3 is 19.7 Å². The second-order valence-corrected chi connectivity index (χ2v) is 15.4. The molecule has 0 aliphatic heterocycles. The average Bonchev–Trinajstić information content (AvgIpc) is 3.24. The van der Waals surface area contributed by atoms with Gasteiger partial charge in [-0.15, -0.1) is 0 Å². The van der Waals surface area contributed by atoms with Gasteiger partial charge in [0.15, 0.2) is 0 Å². The van der Waals surface area contributed by atoms with E-state index < -0.39 is 11.9 Å². The van der Waals surface area contributed by atoms with Crippen LogP contribution in [0.3, 0.4) is 0 Å². The minimum Gasteiger partial charge on any atom is -0.489 e. The lowest BCUT2D eigenvalue weighted by atomic mass is 9.74. The predicted molar refractivity (Wildman–Crippen MR) is 226 cm³/mol. The van der Waals surface area contributed by atoms with Crippen LogP contribution in [0.2, 0.25) is 0 Å². The zero-order valence-electron chi connectivity index (χ0n) is 32.5. The zero-order valence-corrected chi connectivity index (χ0v) is 32.5. The first-order valence-corrected chi connectivity index (χ1v) is 20.0. The molecule has 57 heavy (non-hydrogen) atoms. The fraction of sp³-hybridized carbons (Fsp3) is 0.255. The lowest BCUT2D eigenvalue weighted by molar-refractivity contribution is -0.139. The highest BCUT2D eigenvalue weighted by atomic mass is 16.5. The largest absolute Gasteiger partial charge is 0.489 e. The molecule has 290 valence electrons. The summed E-state index contributed by atoms with van der Waals surface area (Å²) in [5.41, 5.74) is 12.2. The second-order valence-electron chi connectivity index (χ2n) is 15.4. The molecule has 0 bridgehead atoms. The molecule has 0 saturated carbocycles. The molecule has 3 unspecified atom stereocenters. The highest BCUT2D eigenvalue weighted by molar-refractivity contribution is 5.68. The standard InChI is InChI=1S/C26H26O3.C25H24O3/c1-18-22(16-26(27)28)11-12-23-15-24(13-14-25(18)23)29-17-19-7-9-21(10-8-19)20-5-3-2-4-6-20;26-25(27)15-19-8-11-23-16-24(13-12-22(23)14-19)28-17-18-6-9-21(10-7-18)20-4-2-1-3-5-20/h2-10,13-15,18,22H,11-12,16-17H2,1H3,(H,27,28);1-7,9-10,12-13,16,19H,8,11,14-15,17H2,(H,26,27). The van der Waals surface area contributed by atoms with E-state index in [2.05, 4.69) is 104 Å². The maximum absolute atomic E-state index is 11.1. The van der Waals surface area contributed by atoms with Crippen LogP contribution < -0.4 is 9.47 Å². The Morgan fingerprint density at radius 1 is 0.544 bits per heavy atom. The number of carboxylic acid groups (broad SMARTS) is 2. The maximum atomic E-state index is 11.1. The fourth-order valence-electron chi connectivity index (χ4n) is 8.18. The number of hydrogen-bond donors (Lipinski definition) is 2. The van der Waals surface area contributed by atoms with Crippen LogP contribution in [0.1, 0.15) is 71.9 Å². The molecule has 0 aromatic heterocycles. The molecule has 8 rings (SSSR count). The monoisotopic (exact) mass is 758 g/mol. The van der Waals surface area contributed by atoms with Gasteiger partial charge in [0, 0.05) is 12.8 Å². The van der Waals surface area contributed by atoms with Crippen LogP contribution in [0, 0.1) is 11.8 Å². The number of rotatable bonds is 12. The molecule has 0 amide bonds. The van der Waals surface area contributed by atoms with Crippen molar-refractivity contribution in [3.63, 3.8) is 0 Å². The fourth-order valence-corrected chi connectivity index (χ4v) is 8.18. The summed E-state index contributed by atoms with van der Waals surface area (Å²) in [6.45, 7) is 3.21. The summed E-state index contributed by atoms with van der Waals surface area (Å²) in [4.78, 5) is 22.0. The van der Waals surface area contributed by atoms with Gasteiger partial charge >= 0.3 is 11.9 Å². The molecule has 0 fully saturated rings. The molecule has 0 spiro atoms. The lowest BCUT2D eigenvalue weighted by Crippen LogP contribution is -2.21. The zero-order chi connectivity index (χ0) is 39.6. The number of aliphatic carboxylic acids is 2. The Hall–Kier alpha value is -6.14. The van der Waals surface area contributed by atoms with Crippen LogP contribution in [-0.4, -0.2) is 22.2 Å². The third-order valence-corrected chi connectivity index (χ3v) is 11.4. The third kappa shape index (κ3) is 10.6. The van der Waals surface area contributed by atoms with Crippen molar-refractivity contribution in [1.29, 1.82) is 0 Å². The van der Waals surface area contributed by atoms with E-state index in [1.54, 1.807) is 0 Å². The molecular weight excluding hydrogens is 709 g/mol. The average molecular weight is 759 g/mol. The van der Waals surface area contributed by atoms with E-state index in [9.17, 15) is 9.59 Å². The number of aryl methyl sites for hydroxylation is 2. The van der Waals surface area contributed by atoms with Crippen molar-refractivity contribution in [2.45, 2.75) is 71.0 Å². The molecule has 0 heterocycles. The summed E-state index contributed by atoms with van der Waals surface area (Å²) in [7, 11) is 0. The van der Waals surface area contributed by atoms with E-state index in [0.29, 0.717) is 13.2 Å². The summed E-state index contributed by atoms with van der Waals surface area (Å²) in [5, 5.41) is 18.1. The topological polar surface area (TPSA) is 93.1 Å². The maximum Gasteiger partial charge on any atom is 0.303 e. The van der Waals surface area contributed by atoms with Gasteiger partial charge in [-0.1, -0.05) is 128 Å². The molecule has 0 saturated heterocycles. The normalized spacial score (nSPS) is 16.9. The number of carbonyl (C=O) groups is 2. The first-order valence-electron chi connectivity index (χ1n) is 20.0. The number of ether oxygens (including phenoxy) is 2. The van der Waals surface area contributed by atoms with Gasteiger partial charge in [0.25, 0.3) is 0 Å². The summed E-state index contributed by atoms with van der Waals surface area (Å²) < 4.78 is 12.0. The Balaban J connectivity index is 0.000000174. The third-order valence-electron chi connectivity index (χ3n) is 11.4. The van der Waals surface area contributed by atoms with Crippen molar-refractivity contribution in [2.75, 3.05) is 0 Å². The van der Waals surface area contributed by atoms with E-state index in [1.165, 1.54) is 44.5 Å². The molecule has 2 aliphatic carbocycles. The van der Waals surface area contributed by atoms with Crippen LogP contribution in [0.4, 0.5) is 0 Å². The molecule has 6 nitrogen and oxygen atoms in total. The quantitative estimate of drug-likeness (QED) is 0.129. The van der Waals surface area contributed by atoms with E-state index in [-0.39, 0.29) is 30.6 Å². The number of benzene rings is 6. The van der Waals surface area contributed by atoms with Crippen molar-refractivity contribution in [1.82, 2.24) is 0 Å². The van der Waals surface area contributed by atoms with Gasteiger partial charge in [0.2, 0.25) is 0 Å². The van der Waals surface area contributed by atoms with Crippen LogP contribution in [0.15, 0.2) is 146 Å². The van der Waals surface area contributed by atoms with Crippen LogP contribution in [-0.2, 0) is 42.1 Å². The molecule has 2 aliphatic rings. The Labute approximate surface area is 335 Å². The highest BCUT2D eigenvalue weighted by Gasteiger charge is 2.28. The Morgan fingerprint density at radius 2 is 1.04 bits per heavy atom. The van der Waals surface area contributed by atoms with E-state index in [0.717, 1.165) is 54.7 Å². The smallest absolute Gasteiger partial charge is 0.303 e. The Morgan fingerprint density at radius 3 is 1.58 bits per heavy atom. The molecular formula is C51H50O6. The van der Waals surface area contributed by atoms with Crippen LogP contribution in [0.5, 0.6) is 11.5 Å². The molecule has 6 aromatic carbocycles. The molecule has 6 aromatic rings. The molecule has 3 atom stereocenters. The van der Waals surface area contributed by atoms with Gasteiger partial charge in [-0.2, -0.15) is 0 Å². The van der Waals surface area contributed by atoms with Gasteiger partial charge in [0.05, 0.1) is 0 Å². The van der Waals surface area contributed by atoms with Crippen LogP contribution >= 0.6 is 0 Å². The number of fused-ring (bicyclic) bond motifs is 2. The molecule has 6 heteroatoms. The summed E-state index contributed by atoms with van der Waals surface area (Å²) in [6, 6.07) is 50.1. The van der Waals surface area contributed by atoms with Gasteiger partial charge in [-0.25, -0.2) is 0 Å². The van der Waals surface area contributed by atoms with E-state index in [4.69, 9.17) is 19.7 Å². The predicted octanol–water partition coefficient (Wildman–Crippen LogP) is 11.6. The van der Waals surface area contributed by atoms with Crippen molar-refractivity contribution in [2.24, 2.45) is 11.8 Å². The SMILES string of the molecule is CC1c2ccc(OCc3ccc(-c4ccccc4)cc3)cc2CCC1CC(=O)O.O=C(O)CC1CCc2cc(OCc3ccc(-c4ccccc4)cc3)ccc2C1. The van der Waals surface area contributed by atoms with E-state index >= 15 is 0 Å². The number of hydrogen-bond acceptors (Lipinski definition) is 4. The van der Waals surface area contributed by atoms with Gasteiger partial charge in [0.1, 0.15) is 24.7 Å². The summed E-state index contributed by atoms with van der Waals surface area (Å²) in [6.07, 6.45) is 5.06. The second kappa shape index (κ2) is 18.7. The summed E-state index contributed by atoms with van der Waals surface area (Å²) in [5.74, 6) is 1.08. The summed E-state index contributed by atoms with van der Waals surface area (Å²) >= 11 is 0. The Bertz CT molecular complexity index is 2250. The van der Waals surface area contributed by atoms with E-state index in [1.807, 2.05) is 48.5 Å². The molecule has 0 radical (unpaired) electrons. The van der Waals surface area contributed by atoms with Crippen molar-refractivity contribution in [3.8, 4) is 33.8 Å². The van der Waals surface area contributed by atoms with Crippen molar-refractivity contribution in [3.05, 3.63) is 179 Å². The Kier molecular flexibility index (Phi) is 12.8. The first-order chi connectivity index (χ1) is 27.8. The molecule has 2 N–H and O–H groups in total. The van der Waals surface area contributed by atoms with Crippen LogP contribution in [0.25, 0.3) is 22.3 Å².